The van der Waals surface area contributed by atoms with Gasteiger partial charge in [0, 0.05) is 15.9 Å². The fourth-order valence-corrected chi connectivity index (χ4v) is 3.91. The van der Waals surface area contributed by atoms with Crippen molar-refractivity contribution < 1.29 is 4.21 Å². The molecule has 0 aliphatic carbocycles. The highest BCUT2D eigenvalue weighted by Gasteiger charge is 2.09. The highest BCUT2D eigenvalue weighted by Crippen LogP contribution is 2.22. The summed E-state index contributed by atoms with van der Waals surface area (Å²) in [5.74, 6) is 0.609. The maximum Gasteiger partial charge on any atom is 0.0628 e. The number of anilines is 1. The lowest BCUT2D eigenvalue weighted by atomic mass is 10.3. The molecule has 0 amide bonds. The quantitative estimate of drug-likeness (QED) is 0.873. The topological polar surface area (TPSA) is 43.1 Å². The van der Waals surface area contributed by atoms with E-state index in [9.17, 15) is 4.21 Å². The van der Waals surface area contributed by atoms with E-state index in [1.165, 1.54) is 5.56 Å². The number of benzene rings is 1. The Labute approximate surface area is 115 Å². The Morgan fingerprint density at radius 3 is 2.88 bits per heavy atom. The van der Waals surface area contributed by atoms with Crippen LogP contribution >= 0.6 is 27.3 Å². The maximum absolute atomic E-state index is 12.1. The van der Waals surface area contributed by atoms with Crippen LogP contribution in [0.4, 0.5) is 5.69 Å². The van der Waals surface area contributed by atoms with Crippen molar-refractivity contribution in [2.75, 3.05) is 11.5 Å². The molecule has 0 saturated heterocycles. The summed E-state index contributed by atoms with van der Waals surface area (Å²) in [6.07, 6.45) is 0.821. The molecular formula is C12H12BrNOS2. The van der Waals surface area contributed by atoms with Gasteiger partial charge < -0.3 is 5.73 Å². The van der Waals surface area contributed by atoms with E-state index in [2.05, 4.69) is 27.4 Å². The standard InChI is InChI=1S/C12H12BrNOS2/c13-10-1-2-11(14)12(7-10)17(15)6-4-9-3-5-16-8-9/h1-3,5,7-8H,4,6,14H2. The first-order chi connectivity index (χ1) is 8.16. The number of hydrogen-bond acceptors (Lipinski definition) is 3. The van der Waals surface area contributed by atoms with Crippen LogP contribution in [0.15, 0.2) is 44.4 Å². The number of nitrogens with two attached hydrogens (primary N) is 1. The zero-order chi connectivity index (χ0) is 12.3. The fraction of sp³-hybridized carbons (Fsp3) is 0.167. The van der Waals surface area contributed by atoms with Gasteiger partial charge in [0.05, 0.1) is 15.7 Å². The highest BCUT2D eigenvalue weighted by molar-refractivity contribution is 9.10. The molecule has 0 aliphatic rings. The average Bonchev–Trinajstić information content (AvgIpc) is 2.82. The number of aryl methyl sites for hydroxylation is 1. The third-order valence-corrected chi connectivity index (χ3v) is 5.02. The van der Waals surface area contributed by atoms with E-state index in [1.54, 1.807) is 17.4 Å². The molecule has 1 unspecified atom stereocenters. The van der Waals surface area contributed by atoms with Crippen LogP contribution < -0.4 is 5.73 Å². The molecule has 17 heavy (non-hydrogen) atoms. The second-order valence-corrected chi connectivity index (χ2v) is 6.85. The number of thiophene rings is 1. The number of rotatable bonds is 4. The summed E-state index contributed by atoms with van der Waals surface area (Å²) in [6.45, 7) is 0. The van der Waals surface area contributed by atoms with Gasteiger partial charge in [-0.25, -0.2) is 0 Å². The van der Waals surface area contributed by atoms with Crippen LogP contribution in [0, 0.1) is 0 Å². The van der Waals surface area contributed by atoms with E-state index in [0.29, 0.717) is 11.4 Å². The summed E-state index contributed by atoms with van der Waals surface area (Å²) in [6, 6.07) is 7.53. The molecule has 0 saturated carbocycles. The van der Waals surface area contributed by atoms with Crippen molar-refractivity contribution in [1.82, 2.24) is 0 Å². The second-order valence-electron chi connectivity index (χ2n) is 3.61. The summed E-state index contributed by atoms with van der Waals surface area (Å²) in [5, 5.41) is 4.12. The first-order valence-electron chi connectivity index (χ1n) is 5.11. The molecule has 2 nitrogen and oxygen atoms in total. The summed E-state index contributed by atoms with van der Waals surface area (Å²) in [4.78, 5) is 0.717. The van der Waals surface area contributed by atoms with Gasteiger partial charge in [0.2, 0.25) is 0 Å². The van der Waals surface area contributed by atoms with Gasteiger partial charge in [-0.1, -0.05) is 15.9 Å². The summed E-state index contributed by atoms with van der Waals surface area (Å²) in [5.41, 5.74) is 7.66. The lowest BCUT2D eigenvalue weighted by Crippen LogP contribution is -2.04. The molecule has 2 aromatic rings. The average molecular weight is 330 g/mol. The Hall–Kier alpha value is -0.650. The van der Waals surface area contributed by atoms with Crippen molar-refractivity contribution >= 4 is 43.8 Å². The normalized spacial score (nSPS) is 12.5. The largest absolute Gasteiger partial charge is 0.398 e. The van der Waals surface area contributed by atoms with Crippen LogP contribution in [0.25, 0.3) is 0 Å². The molecule has 2 rings (SSSR count). The monoisotopic (exact) mass is 329 g/mol. The molecule has 1 atom stereocenters. The molecule has 5 heteroatoms. The Morgan fingerprint density at radius 1 is 1.35 bits per heavy atom. The number of halogens is 1. The van der Waals surface area contributed by atoms with Gasteiger partial charge in [0.15, 0.2) is 0 Å². The zero-order valence-electron chi connectivity index (χ0n) is 9.06. The van der Waals surface area contributed by atoms with Crippen LogP contribution in [0.1, 0.15) is 5.56 Å². The van der Waals surface area contributed by atoms with Crippen molar-refractivity contribution in [3.05, 3.63) is 45.1 Å². The maximum atomic E-state index is 12.1. The van der Waals surface area contributed by atoms with Crippen LogP contribution in [-0.2, 0) is 17.2 Å². The summed E-state index contributed by atoms with van der Waals surface area (Å²) < 4.78 is 13.0. The molecule has 1 aromatic carbocycles. The third kappa shape index (κ3) is 3.40. The van der Waals surface area contributed by atoms with E-state index in [0.717, 1.165) is 15.8 Å². The Morgan fingerprint density at radius 2 is 2.18 bits per heavy atom. The van der Waals surface area contributed by atoms with E-state index < -0.39 is 10.8 Å². The molecule has 90 valence electrons. The SMILES string of the molecule is Nc1ccc(Br)cc1S(=O)CCc1ccsc1. The molecule has 0 spiro atoms. The van der Waals surface area contributed by atoms with Crippen LogP contribution in [0.5, 0.6) is 0 Å². The third-order valence-electron chi connectivity index (χ3n) is 2.38. The van der Waals surface area contributed by atoms with Crippen LogP contribution in [0.3, 0.4) is 0 Å². The lowest BCUT2D eigenvalue weighted by molar-refractivity contribution is 0.682. The van der Waals surface area contributed by atoms with Crippen molar-refractivity contribution in [1.29, 1.82) is 0 Å². The highest BCUT2D eigenvalue weighted by atomic mass is 79.9. The Kier molecular flexibility index (Phi) is 4.36. The Balaban J connectivity index is 2.07. The van der Waals surface area contributed by atoms with Crippen molar-refractivity contribution in [3.63, 3.8) is 0 Å². The van der Waals surface area contributed by atoms with Crippen LogP contribution in [-0.4, -0.2) is 9.96 Å². The predicted molar refractivity (Wildman–Crippen MR) is 77.9 cm³/mol. The van der Waals surface area contributed by atoms with Crippen molar-refractivity contribution in [2.45, 2.75) is 11.3 Å². The minimum Gasteiger partial charge on any atom is -0.398 e. The Bertz CT molecular complexity index is 525. The molecule has 0 aliphatic heterocycles. The zero-order valence-corrected chi connectivity index (χ0v) is 12.3. The van der Waals surface area contributed by atoms with Gasteiger partial charge in [-0.05, 0) is 47.0 Å². The van der Waals surface area contributed by atoms with Gasteiger partial charge in [0.1, 0.15) is 0 Å². The first-order valence-corrected chi connectivity index (χ1v) is 8.17. The van der Waals surface area contributed by atoms with Crippen molar-refractivity contribution in [3.8, 4) is 0 Å². The lowest BCUT2D eigenvalue weighted by Gasteiger charge is -2.05. The van der Waals surface area contributed by atoms with E-state index in [1.807, 2.05) is 17.5 Å². The van der Waals surface area contributed by atoms with Gasteiger partial charge in [-0.15, -0.1) is 0 Å². The fourth-order valence-electron chi connectivity index (χ4n) is 1.46. The summed E-state index contributed by atoms with van der Waals surface area (Å²) >= 11 is 5.03. The van der Waals surface area contributed by atoms with E-state index in [-0.39, 0.29) is 0 Å². The molecule has 0 bridgehead atoms. The second kappa shape index (κ2) is 5.80. The van der Waals surface area contributed by atoms with E-state index in [4.69, 9.17) is 5.73 Å². The van der Waals surface area contributed by atoms with Crippen molar-refractivity contribution in [2.24, 2.45) is 0 Å². The predicted octanol–water partition coefficient (Wildman–Crippen LogP) is 3.44. The molecular weight excluding hydrogens is 318 g/mol. The van der Waals surface area contributed by atoms with Gasteiger partial charge in [-0.2, -0.15) is 11.3 Å². The first kappa shape index (κ1) is 12.8. The molecule has 1 aromatic heterocycles. The van der Waals surface area contributed by atoms with Gasteiger partial charge in [-0.3, -0.25) is 4.21 Å². The molecule has 0 radical (unpaired) electrons. The minimum atomic E-state index is -1.04. The minimum absolute atomic E-state index is 0.594. The van der Waals surface area contributed by atoms with Gasteiger partial charge >= 0.3 is 0 Å². The molecule has 0 fully saturated rings. The molecule has 1 heterocycles. The van der Waals surface area contributed by atoms with Crippen LogP contribution in [0.2, 0.25) is 0 Å². The molecule has 2 N–H and O–H groups in total. The van der Waals surface area contributed by atoms with Gasteiger partial charge in [0.25, 0.3) is 0 Å². The number of nitrogen functional groups attached to an aromatic ring is 1. The number of hydrogen-bond donors (Lipinski definition) is 1. The smallest absolute Gasteiger partial charge is 0.0628 e. The summed E-state index contributed by atoms with van der Waals surface area (Å²) in [7, 11) is -1.04. The van der Waals surface area contributed by atoms with E-state index >= 15 is 0 Å².